The van der Waals surface area contributed by atoms with Crippen molar-refractivity contribution < 1.29 is 14.5 Å². The third-order valence-corrected chi connectivity index (χ3v) is 4.42. The van der Waals surface area contributed by atoms with Gasteiger partial charge in [-0.05, 0) is 45.0 Å². The fourth-order valence-corrected chi connectivity index (χ4v) is 2.74. The second-order valence-electron chi connectivity index (χ2n) is 5.49. The standard InChI is InChI=1S/C16H15BrN6O4/c1-2-10-3-5-12(6-4-10)27-9-22-8-11(7-18-22)19-16(24)14-13(17)15(21-20-14)23(25)26/h3-8H,2,9H2,1H3,(H,19,24)(H,20,21). The zero-order chi connectivity index (χ0) is 19.4. The Hall–Kier alpha value is -3.21. The van der Waals surface area contributed by atoms with Crippen LogP contribution in [-0.4, -0.2) is 30.8 Å². The molecule has 1 amide bonds. The third kappa shape index (κ3) is 4.31. The van der Waals surface area contributed by atoms with Gasteiger partial charge >= 0.3 is 5.82 Å². The summed E-state index contributed by atoms with van der Waals surface area (Å²) >= 11 is 2.99. The zero-order valence-electron chi connectivity index (χ0n) is 14.2. The van der Waals surface area contributed by atoms with E-state index in [9.17, 15) is 14.9 Å². The average Bonchev–Trinajstić information content (AvgIpc) is 3.26. The van der Waals surface area contributed by atoms with E-state index < -0.39 is 16.6 Å². The first-order valence-electron chi connectivity index (χ1n) is 7.91. The van der Waals surface area contributed by atoms with Crippen LogP contribution in [0.1, 0.15) is 23.0 Å². The van der Waals surface area contributed by atoms with E-state index in [1.54, 1.807) is 6.20 Å². The first-order chi connectivity index (χ1) is 13.0. The number of benzene rings is 1. The molecule has 27 heavy (non-hydrogen) atoms. The Morgan fingerprint density at radius 2 is 2.15 bits per heavy atom. The predicted molar refractivity (Wildman–Crippen MR) is 99.6 cm³/mol. The molecule has 0 radical (unpaired) electrons. The van der Waals surface area contributed by atoms with Crippen molar-refractivity contribution in [2.75, 3.05) is 5.32 Å². The molecule has 0 aliphatic rings. The van der Waals surface area contributed by atoms with Gasteiger partial charge in [0.05, 0.1) is 18.1 Å². The maximum atomic E-state index is 12.2. The number of ether oxygens (including phenoxy) is 1. The van der Waals surface area contributed by atoms with Crippen LogP contribution < -0.4 is 10.1 Å². The van der Waals surface area contributed by atoms with Crippen molar-refractivity contribution >= 4 is 33.3 Å². The maximum absolute atomic E-state index is 12.2. The highest BCUT2D eigenvalue weighted by molar-refractivity contribution is 9.10. The molecule has 2 aromatic heterocycles. The summed E-state index contributed by atoms with van der Waals surface area (Å²) in [5, 5.41) is 23.3. The van der Waals surface area contributed by atoms with Crippen LogP contribution in [-0.2, 0) is 13.2 Å². The summed E-state index contributed by atoms with van der Waals surface area (Å²) < 4.78 is 7.12. The number of amides is 1. The van der Waals surface area contributed by atoms with Crippen molar-refractivity contribution in [1.29, 1.82) is 0 Å². The van der Waals surface area contributed by atoms with Gasteiger partial charge in [-0.25, -0.2) is 4.68 Å². The van der Waals surface area contributed by atoms with Gasteiger partial charge in [0.25, 0.3) is 5.91 Å². The number of aryl methyl sites for hydroxylation is 1. The molecule has 0 saturated carbocycles. The molecular weight excluding hydrogens is 420 g/mol. The molecule has 140 valence electrons. The second-order valence-corrected chi connectivity index (χ2v) is 6.28. The molecule has 2 heterocycles. The summed E-state index contributed by atoms with van der Waals surface area (Å²) in [4.78, 5) is 22.3. The highest BCUT2D eigenvalue weighted by atomic mass is 79.9. The van der Waals surface area contributed by atoms with Crippen molar-refractivity contribution in [2.24, 2.45) is 0 Å². The van der Waals surface area contributed by atoms with Crippen LogP contribution in [0.15, 0.2) is 41.1 Å². The maximum Gasteiger partial charge on any atom is 0.357 e. The van der Waals surface area contributed by atoms with Gasteiger partial charge < -0.3 is 20.2 Å². The molecule has 11 heteroatoms. The van der Waals surface area contributed by atoms with E-state index >= 15 is 0 Å². The van der Waals surface area contributed by atoms with Gasteiger partial charge in [-0.15, -0.1) is 5.10 Å². The van der Waals surface area contributed by atoms with E-state index in [0.29, 0.717) is 11.4 Å². The first kappa shape index (κ1) is 18.6. The van der Waals surface area contributed by atoms with E-state index in [4.69, 9.17) is 4.74 Å². The van der Waals surface area contributed by atoms with Gasteiger partial charge in [0.15, 0.2) is 12.4 Å². The normalized spacial score (nSPS) is 10.6. The lowest BCUT2D eigenvalue weighted by Gasteiger charge is -2.06. The Bertz CT molecular complexity index is 966. The molecule has 3 rings (SSSR count). The van der Waals surface area contributed by atoms with Gasteiger partial charge in [-0.3, -0.25) is 4.79 Å². The van der Waals surface area contributed by atoms with Crippen molar-refractivity contribution in [3.63, 3.8) is 0 Å². The molecule has 0 aliphatic carbocycles. The van der Waals surface area contributed by atoms with E-state index in [1.807, 2.05) is 24.3 Å². The lowest BCUT2D eigenvalue weighted by Crippen LogP contribution is -2.12. The third-order valence-electron chi connectivity index (χ3n) is 3.67. The molecule has 0 saturated heterocycles. The Balaban J connectivity index is 1.60. The molecule has 3 aromatic rings. The van der Waals surface area contributed by atoms with Crippen LogP contribution in [0.3, 0.4) is 0 Å². The Morgan fingerprint density at radius 3 is 2.78 bits per heavy atom. The Kier molecular flexibility index (Phi) is 5.50. The number of carbonyl (C=O) groups excluding carboxylic acids is 1. The highest BCUT2D eigenvalue weighted by Crippen LogP contribution is 2.26. The average molecular weight is 435 g/mol. The number of nitro groups is 1. The summed E-state index contributed by atoms with van der Waals surface area (Å²) in [6, 6.07) is 7.75. The number of nitrogens with zero attached hydrogens (tertiary/aromatic N) is 4. The summed E-state index contributed by atoms with van der Waals surface area (Å²) in [7, 11) is 0. The molecule has 0 aliphatic heterocycles. The quantitative estimate of drug-likeness (QED) is 0.434. The number of aromatic amines is 1. The SMILES string of the molecule is CCc1ccc(OCn2cc(NC(=O)c3n[nH]c([N+](=O)[O-])c3Br)cn2)cc1. The predicted octanol–water partition coefficient (Wildman–Crippen LogP) is 3.13. The van der Waals surface area contributed by atoms with Crippen molar-refractivity contribution in [3.05, 3.63) is 62.5 Å². The highest BCUT2D eigenvalue weighted by Gasteiger charge is 2.24. The molecule has 0 bridgehead atoms. The monoisotopic (exact) mass is 434 g/mol. The van der Waals surface area contributed by atoms with Crippen molar-refractivity contribution in [3.8, 4) is 5.75 Å². The number of aromatic nitrogens is 4. The number of carbonyl (C=O) groups is 1. The zero-order valence-corrected chi connectivity index (χ0v) is 15.8. The van der Waals surface area contributed by atoms with E-state index in [2.05, 4.69) is 43.5 Å². The fourth-order valence-electron chi connectivity index (χ4n) is 2.24. The molecular formula is C16H15BrN6O4. The Labute approximate surface area is 161 Å². The van der Waals surface area contributed by atoms with E-state index in [-0.39, 0.29) is 16.9 Å². The number of H-pyrrole nitrogens is 1. The van der Waals surface area contributed by atoms with Crippen LogP contribution in [0.2, 0.25) is 0 Å². The molecule has 2 N–H and O–H groups in total. The van der Waals surface area contributed by atoms with Crippen molar-refractivity contribution in [1.82, 2.24) is 20.0 Å². The molecule has 0 atom stereocenters. The van der Waals surface area contributed by atoms with Crippen LogP contribution in [0.25, 0.3) is 0 Å². The van der Waals surface area contributed by atoms with Crippen LogP contribution in [0.4, 0.5) is 11.5 Å². The summed E-state index contributed by atoms with van der Waals surface area (Å²) in [6.45, 7) is 2.24. The molecule has 0 unspecified atom stereocenters. The van der Waals surface area contributed by atoms with Gasteiger partial charge in [0.2, 0.25) is 0 Å². The number of rotatable bonds is 7. The van der Waals surface area contributed by atoms with Crippen molar-refractivity contribution in [2.45, 2.75) is 20.1 Å². The smallest absolute Gasteiger partial charge is 0.357 e. The van der Waals surface area contributed by atoms with E-state index in [0.717, 1.165) is 6.42 Å². The first-order valence-corrected chi connectivity index (χ1v) is 8.71. The Morgan fingerprint density at radius 1 is 1.41 bits per heavy atom. The van der Waals surface area contributed by atoms with Gasteiger partial charge in [-0.2, -0.15) is 5.10 Å². The summed E-state index contributed by atoms with van der Waals surface area (Å²) in [5.74, 6) is -0.291. The minimum atomic E-state index is -0.670. The fraction of sp³-hybridized carbons (Fsp3) is 0.188. The van der Waals surface area contributed by atoms with Crippen LogP contribution in [0, 0.1) is 10.1 Å². The summed E-state index contributed by atoms with van der Waals surface area (Å²) in [5.41, 5.74) is 1.50. The molecule has 0 spiro atoms. The lowest BCUT2D eigenvalue weighted by molar-refractivity contribution is -0.390. The van der Waals surface area contributed by atoms with Gasteiger partial charge in [0, 0.05) is 0 Å². The van der Waals surface area contributed by atoms with Crippen LogP contribution >= 0.6 is 15.9 Å². The second kappa shape index (κ2) is 7.99. The van der Waals surface area contributed by atoms with Gasteiger partial charge in [-0.1, -0.05) is 24.2 Å². The molecule has 1 aromatic carbocycles. The minimum Gasteiger partial charge on any atom is -0.471 e. The van der Waals surface area contributed by atoms with E-state index in [1.165, 1.54) is 16.4 Å². The van der Waals surface area contributed by atoms with Gasteiger partial charge in [0.1, 0.15) is 10.2 Å². The molecule has 10 nitrogen and oxygen atoms in total. The largest absolute Gasteiger partial charge is 0.471 e. The number of anilines is 1. The van der Waals surface area contributed by atoms with Crippen LogP contribution in [0.5, 0.6) is 5.75 Å². The number of nitrogens with one attached hydrogen (secondary N) is 2. The topological polar surface area (TPSA) is 128 Å². The number of hydrogen-bond donors (Lipinski definition) is 2. The lowest BCUT2D eigenvalue weighted by atomic mass is 10.2. The summed E-state index contributed by atoms with van der Waals surface area (Å²) in [6.07, 6.45) is 3.97. The minimum absolute atomic E-state index is 0.0174. The number of hydrogen-bond acceptors (Lipinski definition) is 6. The molecule has 0 fully saturated rings. The number of halogens is 1.